The molecule has 4 nitrogen and oxygen atoms in total. The first kappa shape index (κ1) is 22.5. The van der Waals surface area contributed by atoms with E-state index in [1.807, 2.05) is 38.1 Å². The molecule has 1 N–H and O–H groups in total. The van der Waals surface area contributed by atoms with Crippen LogP contribution in [-0.4, -0.2) is 28.8 Å². The minimum Gasteiger partial charge on any atom is -0.352 e. The minimum atomic E-state index is -0.632. The number of fused-ring (bicyclic) bond motifs is 1. The Kier molecular flexibility index (Phi) is 7.40. The quantitative estimate of drug-likeness (QED) is 0.566. The van der Waals surface area contributed by atoms with Crippen LogP contribution in [0.1, 0.15) is 38.3 Å². The molecule has 0 saturated carbocycles. The molecule has 1 atom stereocenters. The van der Waals surface area contributed by atoms with Gasteiger partial charge in [-0.05, 0) is 61.2 Å². The van der Waals surface area contributed by atoms with E-state index in [4.69, 9.17) is 0 Å². The van der Waals surface area contributed by atoms with E-state index in [1.54, 1.807) is 24.0 Å². The molecular formula is C26H29FN2O2. The third kappa shape index (κ3) is 5.91. The van der Waals surface area contributed by atoms with Gasteiger partial charge in [-0.25, -0.2) is 4.39 Å². The summed E-state index contributed by atoms with van der Waals surface area (Å²) in [6.07, 6.45) is 0.868. The van der Waals surface area contributed by atoms with E-state index in [2.05, 4.69) is 23.5 Å². The highest BCUT2D eigenvalue weighted by Gasteiger charge is 2.26. The summed E-state index contributed by atoms with van der Waals surface area (Å²) in [7, 11) is 0. The van der Waals surface area contributed by atoms with Crippen molar-refractivity contribution in [1.29, 1.82) is 0 Å². The smallest absolute Gasteiger partial charge is 0.242 e. The Balaban J connectivity index is 1.78. The Morgan fingerprint density at radius 1 is 0.935 bits per heavy atom. The summed E-state index contributed by atoms with van der Waals surface area (Å²) in [5.74, 6) is -0.637. The molecule has 0 saturated heterocycles. The van der Waals surface area contributed by atoms with Crippen LogP contribution in [0.15, 0.2) is 66.7 Å². The van der Waals surface area contributed by atoms with Crippen LogP contribution in [0.2, 0.25) is 0 Å². The van der Waals surface area contributed by atoms with Gasteiger partial charge in [0.25, 0.3) is 0 Å². The number of halogens is 1. The molecule has 3 aromatic carbocycles. The van der Waals surface area contributed by atoms with Crippen LogP contribution in [0.25, 0.3) is 10.8 Å². The van der Waals surface area contributed by atoms with Crippen molar-refractivity contribution in [2.75, 3.05) is 0 Å². The lowest BCUT2D eigenvalue weighted by atomic mass is 10.0. The van der Waals surface area contributed by atoms with E-state index in [-0.39, 0.29) is 36.6 Å². The molecule has 0 aliphatic heterocycles. The van der Waals surface area contributed by atoms with Gasteiger partial charge in [-0.15, -0.1) is 0 Å². The second kappa shape index (κ2) is 10.2. The number of hydrogen-bond acceptors (Lipinski definition) is 2. The summed E-state index contributed by atoms with van der Waals surface area (Å²) in [5, 5.41) is 5.15. The van der Waals surface area contributed by atoms with E-state index in [1.165, 1.54) is 12.1 Å². The van der Waals surface area contributed by atoms with Gasteiger partial charge in [0.15, 0.2) is 0 Å². The zero-order valence-electron chi connectivity index (χ0n) is 18.3. The number of amides is 2. The normalized spacial score (nSPS) is 12.0. The van der Waals surface area contributed by atoms with E-state index in [0.717, 1.165) is 21.9 Å². The Morgan fingerprint density at radius 3 is 2.32 bits per heavy atom. The average molecular weight is 421 g/mol. The van der Waals surface area contributed by atoms with Crippen LogP contribution in [0.3, 0.4) is 0 Å². The highest BCUT2D eigenvalue weighted by molar-refractivity contribution is 5.89. The second-order valence-electron chi connectivity index (χ2n) is 8.13. The number of carbonyl (C=O) groups excluding carboxylic acids is 2. The molecule has 0 aliphatic rings. The number of nitrogens with one attached hydrogen (secondary N) is 1. The third-order valence-corrected chi connectivity index (χ3v) is 5.35. The van der Waals surface area contributed by atoms with Gasteiger partial charge >= 0.3 is 0 Å². The Bertz CT molecular complexity index is 1040. The molecule has 0 unspecified atom stereocenters. The first-order valence-electron chi connectivity index (χ1n) is 10.7. The largest absolute Gasteiger partial charge is 0.352 e. The van der Waals surface area contributed by atoms with E-state index < -0.39 is 6.04 Å². The zero-order valence-corrected chi connectivity index (χ0v) is 18.3. The predicted molar refractivity (Wildman–Crippen MR) is 122 cm³/mol. The number of rotatable bonds is 8. The molecule has 3 aromatic rings. The highest BCUT2D eigenvalue weighted by Crippen LogP contribution is 2.21. The van der Waals surface area contributed by atoms with Gasteiger partial charge in [-0.3, -0.25) is 9.59 Å². The summed E-state index contributed by atoms with van der Waals surface area (Å²) < 4.78 is 13.3. The summed E-state index contributed by atoms with van der Waals surface area (Å²) >= 11 is 0. The van der Waals surface area contributed by atoms with Gasteiger partial charge in [0, 0.05) is 19.0 Å². The molecule has 0 aliphatic carbocycles. The molecular weight excluding hydrogens is 391 g/mol. The number of hydrogen-bond donors (Lipinski definition) is 1. The second-order valence-corrected chi connectivity index (χ2v) is 8.13. The molecule has 3 rings (SSSR count). The molecule has 0 heterocycles. The van der Waals surface area contributed by atoms with Crippen LogP contribution in [0.5, 0.6) is 0 Å². The minimum absolute atomic E-state index is 0.0200. The molecule has 0 bridgehead atoms. The lowest BCUT2D eigenvalue weighted by molar-refractivity contribution is -0.140. The number of benzene rings is 3. The van der Waals surface area contributed by atoms with Crippen molar-refractivity contribution >= 4 is 22.6 Å². The van der Waals surface area contributed by atoms with Crippen LogP contribution < -0.4 is 5.32 Å². The highest BCUT2D eigenvalue weighted by atomic mass is 19.1. The van der Waals surface area contributed by atoms with Gasteiger partial charge in [0.05, 0.1) is 0 Å². The molecule has 0 spiro atoms. The Labute approximate surface area is 183 Å². The van der Waals surface area contributed by atoms with Gasteiger partial charge < -0.3 is 10.2 Å². The van der Waals surface area contributed by atoms with E-state index in [0.29, 0.717) is 6.42 Å². The molecule has 0 radical (unpaired) electrons. The van der Waals surface area contributed by atoms with Crippen molar-refractivity contribution in [1.82, 2.24) is 10.2 Å². The SMILES string of the molecule is CC(C)NC(=O)[C@H](C)N(Cc1ccc(F)cc1)C(=O)CCc1cccc2ccccc12. The van der Waals surface area contributed by atoms with Crippen molar-refractivity contribution in [2.24, 2.45) is 0 Å². The molecule has 31 heavy (non-hydrogen) atoms. The standard InChI is InChI=1S/C26H29FN2O2/c1-18(2)28-26(31)19(3)29(17-20-11-14-23(27)15-12-20)25(30)16-13-22-9-6-8-21-7-4-5-10-24(21)22/h4-12,14-15,18-19H,13,16-17H2,1-3H3,(H,28,31)/t19-/m0/s1. The molecule has 2 amide bonds. The summed E-state index contributed by atoms with van der Waals surface area (Å²) in [6.45, 7) is 5.76. The maximum Gasteiger partial charge on any atom is 0.242 e. The summed E-state index contributed by atoms with van der Waals surface area (Å²) in [6, 6.07) is 19.6. The fourth-order valence-electron chi connectivity index (χ4n) is 3.67. The van der Waals surface area contributed by atoms with Crippen LogP contribution in [-0.2, 0) is 22.6 Å². The van der Waals surface area contributed by atoms with Gasteiger partial charge in [0.1, 0.15) is 11.9 Å². The van der Waals surface area contributed by atoms with E-state index in [9.17, 15) is 14.0 Å². The maximum absolute atomic E-state index is 13.3. The van der Waals surface area contributed by atoms with E-state index >= 15 is 0 Å². The molecule has 0 aromatic heterocycles. The average Bonchev–Trinajstić information content (AvgIpc) is 2.76. The first-order chi connectivity index (χ1) is 14.8. The monoisotopic (exact) mass is 420 g/mol. The van der Waals surface area contributed by atoms with Crippen LogP contribution >= 0.6 is 0 Å². The fourth-order valence-corrected chi connectivity index (χ4v) is 3.67. The van der Waals surface area contributed by atoms with Crippen LogP contribution in [0, 0.1) is 5.82 Å². The number of nitrogens with zero attached hydrogens (tertiary/aromatic N) is 1. The molecule has 5 heteroatoms. The number of carbonyl (C=O) groups is 2. The Morgan fingerprint density at radius 2 is 1.61 bits per heavy atom. The van der Waals surface area contributed by atoms with Crippen molar-refractivity contribution in [3.8, 4) is 0 Å². The van der Waals surface area contributed by atoms with Crippen molar-refractivity contribution in [3.63, 3.8) is 0 Å². The third-order valence-electron chi connectivity index (χ3n) is 5.35. The van der Waals surface area contributed by atoms with Crippen molar-refractivity contribution in [2.45, 2.75) is 52.2 Å². The van der Waals surface area contributed by atoms with Gasteiger partial charge in [-0.2, -0.15) is 0 Å². The van der Waals surface area contributed by atoms with Crippen LogP contribution in [0.4, 0.5) is 4.39 Å². The van der Waals surface area contributed by atoms with Crippen molar-refractivity contribution in [3.05, 3.63) is 83.7 Å². The number of aryl methyl sites for hydroxylation is 1. The Hall–Kier alpha value is -3.21. The lowest BCUT2D eigenvalue weighted by Crippen LogP contribution is -2.49. The topological polar surface area (TPSA) is 49.4 Å². The lowest BCUT2D eigenvalue weighted by Gasteiger charge is -2.29. The van der Waals surface area contributed by atoms with Gasteiger partial charge in [-0.1, -0.05) is 54.6 Å². The predicted octanol–water partition coefficient (Wildman–Crippen LogP) is 4.85. The van der Waals surface area contributed by atoms with Gasteiger partial charge in [0.2, 0.25) is 11.8 Å². The molecule has 162 valence electrons. The summed E-state index contributed by atoms with van der Waals surface area (Å²) in [4.78, 5) is 27.4. The van der Waals surface area contributed by atoms with Crippen molar-refractivity contribution < 1.29 is 14.0 Å². The zero-order chi connectivity index (χ0) is 22.4. The summed E-state index contributed by atoms with van der Waals surface area (Å²) in [5.41, 5.74) is 1.89. The maximum atomic E-state index is 13.3. The first-order valence-corrected chi connectivity index (χ1v) is 10.7. The molecule has 0 fully saturated rings. The fraction of sp³-hybridized carbons (Fsp3) is 0.308.